The highest BCUT2D eigenvalue weighted by Crippen LogP contribution is 2.62. The summed E-state index contributed by atoms with van der Waals surface area (Å²) in [6, 6.07) is 60.6. The molecule has 0 radical (unpaired) electrons. The predicted molar refractivity (Wildman–Crippen MR) is 207 cm³/mol. The Morgan fingerprint density at radius 2 is 1.10 bits per heavy atom. The Kier molecular flexibility index (Phi) is 5.14. The SMILES string of the molecule is c1ccc2c(c1)Sc1cc3c(cc1C21c2ccccc2-c2ccccc21)c1ccc2ccccc2c1n3-c1ccc2c(c1)oc1ccccc12. The fourth-order valence-corrected chi connectivity index (χ4v) is 10.5. The van der Waals surface area contributed by atoms with E-state index in [1.165, 1.54) is 75.7 Å². The molecular formula is C47H27NOS. The smallest absolute Gasteiger partial charge is 0.137 e. The lowest BCUT2D eigenvalue weighted by atomic mass is 9.67. The summed E-state index contributed by atoms with van der Waals surface area (Å²) < 4.78 is 8.92. The summed E-state index contributed by atoms with van der Waals surface area (Å²) in [7, 11) is 0. The monoisotopic (exact) mass is 653 g/mol. The van der Waals surface area contributed by atoms with Gasteiger partial charge >= 0.3 is 0 Å². The van der Waals surface area contributed by atoms with Gasteiger partial charge in [-0.2, -0.15) is 0 Å². The van der Waals surface area contributed by atoms with E-state index >= 15 is 0 Å². The summed E-state index contributed by atoms with van der Waals surface area (Å²) in [6.45, 7) is 0. The minimum Gasteiger partial charge on any atom is -0.456 e. The van der Waals surface area contributed by atoms with E-state index < -0.39 is 5.41 Å². The van der Waals surface area contributed by atoms with Crippen molar-refractivity contribution in [3.63, 3.8) is 0 Å². The van der Waals surface area contributed by atoms with Crippen LogP contribution in [0.2, 0.25) is 0 Å². The third kappa shape index (κ3) is 3.26. The quantitative estimate of drug-likeness (QED) is 0.175. The van der Waals surface area contributed by atoms with Crippen molar-refractivity contribution in [1.29, 1.82) is 0 Å². The highest BCUT2D eigenvalue weighted by Gasteiger charge is 2.50. The molecule has 50 heavy (non-hydrogen) atoms. The summed E-state index contributed by atoms with van der Waals surface area (Å²) in [4.78, 5) is 2.60. The van der Waals surface area contributed by atoms with Crippen molar-refractivity contribution < 1.29 is 4.42 Å². The van der Waals surface area contributed by atoms with Gasteiger partial charge in [-0.3, -0.25) is 0 Å². The Balaban J connectivity index is 1.24. The molecule has 0 unspecified atom stereocenters. The molecule has 0 N–H and O–H groups in total. The molecule has 3 heterocycles. The van der Waals surface area contributed by atoms with Crippen molar-refractivity contribution in [3.05, 3.63) is 186 Å². The maximum absolute atomic E-state index is 6.44. The molecule has 0 atom stereocenters. The summed E-state index contributed by atoms with van der Waals surface area (Å²) in [6.07, 6.45) is 0. The molecule has 2 aliphatic rings. The van der Waals surface area contributed by atoms with Crippen LogP contribution in [0.4, 0.5) is 0 Å². The zero-order valence-electron chi connectivity index (χ0n) is 26.9. The Morgan fingerprint density at radius 3 is 1.94 bits per heavy atom. The number of nitrogens with zero attached hydrogens (tertiary/aromatic N) is 1. The number of fused-ring (bicyclic) bond motifs is 17. The topological polar surface area (TPSA) is 18.1 Å². The average molecular weight is 654 g/mol. The highest BCUT2D eigenvalue weighted by atomic mass is 32.2. The number of hydrogen-bond acceptors (Lipinski definition) is 2. The maximum Gasteiger partial charge on any atom is 0.137 e. The van der Waals surface area contributed by atoms with Crippen molar-refractivity contribution in [1.82, 2.24) is 4.57 Å². The van der Waals surface area contributed by atoms with Gasteiger partial charge in [0.1, 0.15) is 11.2 Å². The first-order chi connectivity index (χ1) is 24.8. The number of rotatable bonds is 1. The van der Waals surface area contributed by atoms with Crippen LogP contribution in [0.25, 0.3) is 71.3 Å². The van der Waals surface area contributed by atoms with Gasteiger partial charge in [-0.1, -0.05) is 133 Å². The van der Waals surface area contributed by atoms with Crippen LogP contribution in [-0.4, -0.2) is 4.57 Å². The van der Waals surface area contributed by atoms with Gasteiger partial charge in [-0.15, -0.1) is 0 Å². The summed E-state index contributed by atoms with van der Waals surface area (Å²) in [5, 5.41) is 7.27. The van der Waals surface area contributed by atoms with Gasteiger partial charge in [-0.05, 0) is 75.2 Å². The molecule has 1 spiro atoms. The minimum atomic E-state index is -0.420. The average Bonchev–Trinajstić information content (AvgIpc) is 3.80. The molecule has 2 nitrogen and oxygen atoms in total. The highest BCUT2D eigenvalue weighted by molar-refractivity contribution is 7.99. The van der Waals surface area contributed by atoms with Gasteiger partial charge < -0.3 is 8.98 Å². The third-order valence-corrected chi connectivity index (χ3v) is 12.4. The zero-order valence-corrected chi connectivity index (χ0v) is 27.7. The second-order valence-electron chi connectivity index (χ2n) is 13.6. The van der Waals surface area contributed by atoms with Gasteiger partial charge in [-0.25, -0.2) is 0 Å². The molecule has 232 valence electrons. The largest absolute Gasteiger partial charge is 0.456 e. The molecule has 0 fully saturated rings. The van der Waals surface area contributed by atoms with Crippen LogP contribution in [-0.2, 0) is 5.41 Å². The second-order valence-corrected chi connectivity index (χ2v) is 14.7. The number of hydrogen-bond donors (Lipinski definition) is 0. The molecule has 1 aliphatic carbocycles. The number of aromatic nitrogens is 1. The van der Waals surface area contributed by atoms with Crippen molar-refractivity contribution in [2.45, 2.75) is 15.2 Å². The van der Waals surface area contributed by atoms with Crippen LogP contribution in [0.15, 0.2) is 178 Å². The molecule has 0 saturated heterocycles. The minimum absolute atomic E-state index is 0.420. The normalized spacial score (nSPS) is 14.1. The Hall–Kier alpha value is -6.03. The van der Waals surface area contributed by atoms with Crippen molar-refractivity contribution in [2.24, 2.45) is 0 Å². The van der Waals surface area contributed by atoms with Crippen molar-refractivity contribution >= 4 is 66.3 Å². The lowest BCUT2D eigenvalue weighted by Gasteiger charge is -2.39. The molecule has 0 amide bonds. The molecule has 1 aliphatic heterocycles. The molecule has 2 aromatic heterocycles. The Morgan fingerprint density at radius 1 is 0.440 bits per heavy atom. The third-order valence-electron chi connectivity index (χ3n) is 11.2. The lowest BCUT2D eigenvalue weighted by molar-refractivity contribution is 0.668. The molecule has 3 heteroatoms. The summed E-state index contributed by atoms with van der Waals surface area (Å²) >= 11 is 1.90. The van der Waals surface area contributed by atoms with Crippen LogP contribution >= 0.6 is 11.8 Å². The zero-order chi connectivity index (χ0) is 32.6. The van der Waals surface area contributed by atoms with E-state index in [1.54, 1.807) is 0 Å². The van der Waals surface area contributed by atoms with E-state index in [4.69, 9.17) is 4.42 Å². The molecule has 0 saturated carbocycles. The molecule has 10 aromatic rings. The van der Waals surface area contributed by atoms with Crippen molar-refractivity contribution in [2.75, 3.05) is 0 Å². The molecule has 12 rings (SSSR count). The first-order valence-electron chi connectivity index (χ1n) is 17.2. The fraction of sp³-hybridized carbons (Fsp3) is 0.0213. The van der Waals surface area contributed by atoms with Crippen LogP contribution in [0.5, 0.6) is 0 Å². The van der Waals surface area contributed by atoms with Gasteiger partial charge in [0.15, 0.2) is 0 Å². The first-order valence-corrected chi connectivity index (χ1v) is 18.0. The van der Waals surface area contributed by atoms with Gasteiger partial charge in [0.25, 0.3) is 0 Å². The summed E-state index contributed by atoms with van der Waals surface area (Å²) in [5.41, 5.74) is 13.0. The van der Waals surface area contributed by atoms with Crippen LogP contribution in [0.3, 0.4) is 0 Å². The fourth-order valence-electron chi connectivity index (χ4n) is 9.25. The second kappa shape index (κ2) is 9.56. The molecule has 0 bridgehead atoms. The Labute approximate surface area is 292 Å². The van der Waals surface area contributed by atoms with Crippen LogP contribution < -0.4 is 0 Å². The molecule has 8 aromatic carbocycles. The van der Waals surface area contributed by atoms with E-state index in [9.17, 15) is 0 Å². The van der Waals surface area contributed by atoms with Gasteiger partial charge in [0, 0.05) is 48.5 Å². The van der Waals surface area contributed by atoms with Gasteiger partial charge in [0.05, 0.1) is 16.4 Å². The predicted octanol–water partition coefficient (Wildman–Crippen LogP) is 12.7. The van der Waals surface area contributed by atoms with E-state index in [1.807, 2.05) is 17.8 Å². The van der Waals surface area contributed by atoms with Crippen LogP contribution in [0.1, 0.15) is 22.3 Å². The number of para-hydroxylation sites is 1. The summed E-state index contributed by atoms with van der Waals surface area (Å²) in [5.74, 6) is 0. The van der Waals surface area contributed by atoms with E-state index in [-0.39, 0.29) is 0 Å². The standard InChI is InChI=1S/C47H27NOS/c1-2-12-30-28(11-1)21-23-35-36-26-40-45(27-41(36)48(46(30)35)29-22-24-34-33-15-5-9-19-42(33)49-43(34)25-29)50-44-20-10-8-18-39(44)47(40)37-16-6-3-13-31(37)32-14-4-7-17-38(32)47/h1-27H. The number of benzene rings is 8. The van der Waals surface area contributed by atoms with Crippen molar-refractivity contribution in [3.8, 4) is 16.8 Å². The maximum atomic E-state index is 6.44. The lowest BCUT2D eigenvalue weighted by Crippen LogP contribution is -2.31. The molecular weight excluding hydrogens is 627 g/mol. The van der Waals surface area contributed by atoms with Gasteiger partial charge in [0.2, 0.25) is 0 Å². The number of furan rings is 1. The Bertz CT molecular complexity index is 3040. The first kappa shape index (κ1) is 26.9. The van der Waals surface area contributed by atoms with Crippen LogP contribution in [0, 0.1) is 0 Å². The van der Waals surface area contributed by atoms with E-state index in [0.717, 1.165) is 27.6 Å². The van der Waals surface area contributed by atoms with E-state index in [2.05, 4.69) is 162 Å². The van der Waals surface area contributed by atoms with E-state index in [0.29, 0.717) is 0 Å².